The second-order valence-electron chi connectivity index (χ2n) is 9.78. The Kier molecular flexibility index (Phi) is 4.42. The minimum absolute atomic E-state index is 0.300. The maximum atomic E-state index is 10.1. The molecular formula is C25H28BrNO. The van der Waals surface area contributed by atoms with E-state index in [1.807, 2.05) is 18.3 Å². The lowest BCUT2D eigenvalue weighted by Gasteiger charge is -2.62. The summed E-state index contributed by atoms with van der Waals surface area (Å²) in [6, 6.07) is 14.9. The van der Waals surface area contributed by atoms with Crippen LogP contribution in [-0.4, -0.2) is 17.9 Å². The standard InChI is InChI=1S/C25H28BrNO/c1-17-2-4-21(5-3-17)25-12-18-8-19(13-25)11-24(10-18,15-25)16-27-14-20-9-22(26)6-7-23(20)28/h2-7,9,14,18-19,28H,8,10-13,15-16H2,1H3. The number of phenols is 1. The molecule has 28 heavy (non-hydrogen) atoms. The van der Waals surface area contributed by atoms with Gasteiger partial charge in [0, 0.05) is 22.8 Å². The van der Waals surface area contributed by atoms with E-state index in [1.165, 1.54) is 44.1 Å². The van der Waals surface area contributed by atoms with Crippen molar-refractivity contribution in [1.82, 2.24) is 0 Å². The average molecular weight is 438 g/mol. The van der Waals surface area contributed by atoms with E-state index >= 15 is 0 Å². The molecule has 0 amide bonds. The Labute approximate surface area is 176 Å². The molecular weight excluding hydrogens is 410 g/mol. The van der Waals surface area contributed by atoms with Gasteiger partial charge in [-0.3, -0.25) is 4.99 Å². The van der Waals surface area contributed by atoms with Crippen molar-refractivity contribution < 1.29 is 5.11 Å². The van der Waals surface area contributed by atoms with E-state index in [2.05, 4.69) is 47.1 Å². The van der Waals surface area contributed by atoms with Crippen molar-refractivity contribution in [3.05, 3.63) is 63.6 Å². The molecule has 2 unspecified atom stereocenters. The fraction of sp³-hybridized carbons (Fsp3) is 0.480. The third kappa shape index (κ3) is 3.22. The third-order valence-electron chi connectivity index (χ3n) is 7.49. The quantitative estimate of drug-likeness (QED) is 0.549. The molecule has 0 spiro atoms. The van der Waals surface area contributed by atoms with E-state index in [-0.39, 0.29) is 0 Å². The molecule has 4 fully saturated rings. The zero-order valence-corrected chi connectivity index (χ0v) is 18.1. The fourth-order valence-electron chi connectivity index (χ4n) is 6.85. The number of rotatable bonds is 4. The Balaban J connectivity index is 1.41. The molecule has 2 nitrogen and oxygen atoms in total. The van der Waals surface area contributed by atoms with Gasteiger partial charge in [-0.1, -0.05) is 45.8 Å². The van der Waals surface area contributed by atoms with E-state index in [4.69, 9.17) is 4.99 Å². The first-order chi connectivity index (χ1) is 13.5. The molecule has 3 heteroatoms. The second-order valence-corrected chi connectivity index (χ2v) is 10.7. The van der Waals surface area contributed by atoms with Crippen LogP contribution in [0.4, 0.5) is 0 Å². The second kappa shape index (κ2) is 6.73. The summed E-state index contributed by atoms with van der Waals surface area (Å²) in [4.78, 5) is 4.87. The zero-order valence-electron chi connectivity index (χ0n) is 16.5. The number of phenolic OH excluding ortho intramolecular Hbond substituents is 1. The lowest BCUT2D eigenvalue weighted by molar-refractivity contribution is -0.0663. The number of nitrogens with zero attached hydrogens (tertiary/aromatic N) is 1. The summed E-state index contributed by atoms with van der Waals surface area (Å²) in [6.45, 7) is 3.07. The summed E-state index contributed by atoms with van der Waals surface area (Å²) in [5, 5.41) is 10.1. The van der Waals surface area contributed by atoms with Crippen LogP contribution in [0.15, 0.2) is 51.9 Å². The van der Waals surface area contributed by atoms with Gasteiger partial charge in [0.1, 0.15) is 5.75 Å². The van der Waals surface area contributed by atoms with Crippen LogP contribution < -0.4 is 0 Å². The highest BCUT2D eigenvalue weighted by Gasteiger charge is 2.57. The van der Waals surface area contributed by atoms with Crippen LogP contribution in [0.5, 0.6) is 5.75 Å². The number of hydrogen-bond donors (Lipinski definition) is 1. The highest BCUT2D eigenvalue weighted by Crippen LogP contribution is 2.65. The molecule has 1 N–H and O–H groups in total. The minimum Gasteiger partial charge on any atom is -0.507 e. The van der Waals surface area contributed by atoms with Gasteiger partial charge in [0.15, 0.2) is 0 Å². The van der Waals surface area contributed by atoms with Crippen molar-refractivity contribution in [2.45, 2.75) is 50.9 Å². The van der Waals surface area contributed by atoms with Gasteiger partial charge >= 0.3 is 0 Å². The van der Waals surface area contributed by atoms with Crippen LogP contribution in [0, 0.1) is 24.2 Å². The number of aromatic hydroxyl groups is 1. The smallest absolute Gasteiger partial charge is 0.124 e. The first-order valence-corrected chi connectivity index (χ1v) is 11.3. The zero-order chi connectivity index (χ0) is 19.4. The van der Waals surface area contributed by atoms with Crippen LogP contribution >= 0.6 is 15.9 Å². The Morgan fingerprint density at radius 2 is 1.79 bits per heavy atom. The fourth-order valence-corrected chi connectivity index (χ4v) is 7.23. The van der Waals surface area contributed by atoms with Crippen molar-refractivity contribution >= 4 is 22.1 Å². The van der Waals surface area contributed by atoms with E-state index in [0.29, 0.717) is 16.6 Å². The first-order valence-electron chi connectivity index (χ1n) is 10.5. The van der Waals surface area contributed by atoms with Gasteiger partial charge in [0.2, 0.25) is 0 Å². The number of aliphatic imine (C=N–C) groups is 1. The molecule has 2 aromatic rings. The van der Waals surface area contributed by atoms with Gasteiger partial charge in [-0.25, -0.2) is 0 Å². The third-order valence-corrected chi connectivity index (χ3v) is 7.99. The molecule has 0 heterocycles. The van der Waals surface area contributed by atoms with Gasteiger partial charge in [0.25, 0.3) is 0 Å². The average Bonchev–Trinajstić information content (AvgIpc) is 2.64. The van der Waals surface area contributed by atoms with E-state index < -0.39 is 0 Å². The molecule has 4 bridgehead atoms. The summed E-state index contributed by atoms with van der Waals surface area (Å²) in [5.41, 5.74) is 4.41. The predicted molar refractivity (Wildman–Crippen MR) is 118 cm³/mol. The van der Waals surface area contributed by atoms with Crippen molar-refractivity contribution in [2.75, 3.05) is 6.54 Å². The number of benzene rings is 2. The van der Waals surface area contributed by atoms with Gasteiger partial charge < -0.3 is 5.11 Å². The van der Waals surface area contributed by atoms with Crippen LogP contribution in [0.25, 0.3) is 0 Å². The SMILES string of the molecule is Cc1ccc(C23CC4CC(CC(CN=Cc5cc(Br)ccc5O)(C4)C2)C3)cc1. The summed E-state index contributed by atoms with van der Waals surface area (Å²) < 4.78 is 0.972. The van der Waals surface area contributed by atoms with E-state index in [0.717, 1.165) is 28.4 Å². The van der Waals surface area contributed by atoms with Crippen molar-refractivity contribution in [1.29, 1.82) is 0 Å². The topological polar surface area (TPSA) is 32.6 Å². The molecule has 0 radical (unpaired) electrons. The molecule has 4 aliphatic carbocycles. The molecule has 2 atom stereocenters. The molecule has 0 aromatic heterocycles. The molecule has 4 aliphatic rings. The van der Waals surface area contributed by atoms with Crippen LogP contribution in [0.1, 0.15) is 55.2 Å². The Morgan fingerprint density at radius 1 is 1.07 bits per heavy atom. The summed E-state index contributed by atoms with van der Waals surface area (Å²) in [7, 11) is 0. The highest BCUT2D eigenvalue weighted by atomic mass is 79.9. The summed E-state index contributed by atoms with van der Waals surface area (Å²) in [5.74, 6) is 2.02. The maximum Gasteiger partial charge on any atom is 0.124 e. The van der Waals surface area contributed by atoms with Gasteiger partial charge in [-0.05, 0) is 91.9 Å². The van der Waals surface area contributed by atoms with Crippen LogP contribution in [0.2, 0.25) is 0 Å². The number of aryl methyl sites for hydroxylation is 1. The predicted octanol–water partition coefficient (Wildman–Crippen LogP) is 6.42. The number of hydrogen-bond acceptors (Lipinski definition) is 2. The lowest BCUT2D eigenvalue weighted by atomic mass is 9.43. The largest absolute Gasteiger partial charge is 0.507 e. The monoisotopic (exact) mass is 437 g/mol. The van der Waals surface area contributed by atoms with Gasteiger partial charge in [-0.2, -0.15) is 0 Å². The minimum atomic E-state index is 0.300. The van der Waals surface area contributed by atoms with E-state index in [9.17, 15) is 5.11 Å². The molecule has 146 valence electrons. The highest BCUT2D eigenvalue weighted by molar-refractivity contribution is 9.10. The first kappa shape index (κ1) is 18.4. The summed E-state index contributed by atoms with van der Waals surface area (Å²) >= 11 is 3.48. The molecule has 0 aliphatic heterocycles. The van der Waals surface area contributed by atoms with Crippen molar-refractivity contribution in [2.24, 2.45) is 22.2 Å². The molecule has 4 saturated carbocycles. The number of halogens is 1. The van der Waals surface area contributed by atoms with Gasteiger partial charge in [0.05, 0.1) is 0 Å². The Bertz CT molecular complexity index is 903. The van der Waals surface area contributed by atoms with E-state index in [1.54, 1.807) is 11.6 Å². The Morgan fingerprint density at radius 3 is 2.50 bits per heavy atom. The van der Waals surface area contributed by atoms with Crippen molar-refractivity contribution in [3.63, 3.8) is 0 Å². The van der Waals surface area contributed by atoms with Crippen molar-refractivity contribution in [3.8, 4) is 5.75 Å². The Hall–Kier alpha value is -1.61. The normalized spacial score (nSPS) is 33.6. The van der Waals surface area contributed by atoms with Gasteiger partial charge in [-0.15, -0.1) is 0 Å². The lowest BCUT2D eigenvalue weighted by Crippen LogP contribution is -2.55. The van der Waals surface area contributed by atoms with Crippen LogP contribution in [0.3, 0.4) is 0 Å². The van der Waals surface area contributed by atoms with Crippen LogP contribution in [-0.2, 0) is 5.41 Å². The molecule has 6 rings (SSSR count). The maximum absolute atomic E-state index is 10.1. The molecule has 0 saturated heterocycles. The molecule has 2 aromatic carbocycles. The summed E-state index contributed by atoms with van der Waals surface area (Å²) in [6.07, 6.45) is 9.97.